The van der Waals surface area contributed by atoms with E-state index in [1.165, 1.54) is 18.2 Å². The van der Waals surface area contributed by atoms with Crippen LogP contribution in [0.4, 0.5) is 8.78 Å². The van der Waals surface area contributed by atoms with E-state index in [0.29, 0.717) is 22.3 Å². The van der Waals surface area contributed by atoms with Crippen molar-refractivity contribution in [1.29, 1.82) is 0 Å². The van der Waals surface area contributed by atoms with Crippen LogP contribution < -0.4 is 0 Å². The molecule has 4 heteroatoms. The molecule has 3 aromatic rings. The third kappa shape index (κ3) is 4.01. The fraction of sp³-hybridized carbons (Fsp3) is 0.179. The summed E-state index contributed by atoms with van der Waals surface area (Å²) in [5.41, 5.74) is 3.97. The number of hydrogen-bond donors (Lipinski definition) is 0. The van der Waals surface area contributed by atoms with E-state index in [9.17, 15) is 13.6 Å². The summed E-state index contributed by atoms with van der Waals surface area (Å²) in [6.07, 6.45) is 3.72. The molecular formula is C28H24F2O2. The number of esters is 1. The first-order chi connectivity index (χ1) is 15.3. The van der Waals surface area contributed by atoms with Crippen molar-refractivity contribution in [3.63, 3.8) is 0 Å². The molecule has 0 atom stereocenters. The van der Waals surface area contributed by atoms with Crippen molar-refractivity contribution in [1.82, 2.24) is 0 Å². The minimum atomic E-state index is -0.962. The molecule has 4 rings (SSSR count). The van der Waals surface area contributed by atoms with Gasteiger partial charge >= 0.3 is 5.97 Å². The first kappa shape index (κ1) is 21.7. The number of carbonyl (C=O) groups excluding carboxylic acids is 1. The smallest absolute Gasteiger partial charge is 0.315 e. The van der Waals surface area contributed by atoms with E-state index in [0.717, 1.165) is 16.7 Å². The summed E-state index contributed by atoms with van der Waals surface area (Å²) < 4.78 is 34.2. The molecule has 0 spiro atoms. The van der Waals surface area contributed by atoms with Gasteiger partial charge in [0.15, 0.2) is 0 Å². The van der Waals surface area contributed by atoms with Crippen molar-refractivity contribution in [3.05, 3.63) is 101 Å². The molecule has 0 aliphatic heterocycles. The Morgan fingerprint density at radius 1 is 0.938 bits per heavy atom. The summed E-state index contributed by atoms with van der Waals surface area (Å²) in [4.78, 5) is 12.6. The Bertz CT molecular complexity index is 1240. The maximum absolute atomic E-state index is 14.9. The van der Waals surface area contributed by atoms with E-state index in [4.69, 9.17) is 4.74 Å². The number of rotatable bonds is 5. The van der Waals surface area contributed by atoms with Crippen molar-refractivity contribution in [2.24, 2.45) is 5.41 Å². The summed E-state index contributed by atoms with van der Waals surface area (Å²) in [6.45, 7) is 5.55. The van der Waals surface area contributed by atoms with Crippen LogP contribution in [0.2, 0.25) is 0 Å². The van der Waals surface area contributed by atoms with Crippen LogP contribution in [0.1, 0.15) is 37.5 Å². The highest BCUT2D eigenvalue weighted by Crippen LogP contribution is 2.46. The molecule has 0 saturated heterocycles. The lowest BCUT2D eigenvalue weighted by molar-refractivity contribution is -0.150. The van der Waals surface area contributed by atoms with Crippen molar-refractivity contribution in [2.75, 3.05) is 6.61 Å². The Kier molecular flexibility index (Phi) is 5.79. The molecule has 0 amide bonds. The van der Waals surface area contributed by atoms with Gasteiger partial charge in [0, 0.05) is 5.56 Å². The highest BCUT2D eigenvalue weighted by molar-refractivity contribution is 6.07. The molecule has 2 nitrogen and oxygen atoms in total. The van der Waals surface area contributed by atoms with Crippen LogP contribution in [0, 0.1) is 17.0 Å². The Morgan fingerprint density at radius 2 is 1.66 bits per heavy atom. The molecule has 1 aliphatic carbocycles. The first-order valence-electron chi connectivity index (χ1n) is 10.6. The second-order valence-electron chi connectivity index (χ2n) is 8.30. The molecule has 0 heterocycles. The van der Waals surface area contributed by atoms with Gasteiger partial charge in [0.25, 0.3) is 0 Å². The van der Waals surface area contributed by atoms with Gasteiger partial charge < -0.3 is 4.74 Å². The molecular weight excluding hydrogens is 406 g/mol. The Balaban J connectivity index is 1.77. The lowest BCUT2D eigenvalue weighted by atomic mass is 9.81. The van der Waals surface area contributed by atoms with Gasteiger partial charge in [0.2, 0.25) is 0 Å². The van der Waals surface area contributed by atoms with E-state index >= 15 is 0 Å². The predicted molar refractivity (Wildman–Crippen MR) is 124 cm³/mol. The van der Waals surface area contributed by atoms with Gasteiger partial charge in [0.1, 0.15) is 11.6 Å². The number of fused-ring (bicyclic) bond motifs is 1. The van der Waals surface area contributed by atoms with Gasteiger partial charge in [0.05, 0.1) is 12.0 Å². The summed E-state index contributed by atoms with van der Waals surface area (Å²) in [5.74, 6) is -1.08. The predicted octanol–water partition coefficient (Wildman–Crippen LogP) is 7.16. The quantitative estimate of drug-likeness (QED) is 0.402. The standard InChI is InChI=1S/C28H24F2O2/c1-4-32-27(31)28(2,3)25-16-20(22-13-11-21(29)17-24(22)25)14-18-10-12-23(26(30)15-18)19-8-6-5-7-9-19/h5-17H,4H2,1-3H3/b20-14+. The van der Waals surface area contributed by atoms with Gasteiger partial charge in [-0.2, -0.15) is 0 Å². The van der Waals surface area contributed by atoms with E-state index in [2.05, 4.69) is 0 Å². The number of allylic oxidation sites excluding steroid dienone is 2. The van der Waals surface area contributed by atoms with Crippen LogP contribution in [0.3, 0.4) is 0 Å². The van der Waals surface area contributed by atoms with Crippen molar-refractivity contribution < 1.29 is 18.3 Å². The summed E-state index contributed by atoms with van der Waals surface area (Å²) in [5, 5.41) is 0. The van der Waals surface area contributed by atoms with Crippen molar-refractivity contribution in [2.45, 2.75) is 20.8 Å². The van der Waals surface area contributed by atoms with Crippen LogP contribution in [-0.2, 0) is 9.53 Å². The molecule has 32 heavy (non-hydrogen) atoms. The van der Waals surface area contributed by atoms with Crippen LogP contribution >= 0.6 is 0 Å². The molecule has 0 fully saturated rings. The molecule has 1 aliphatic rings. The highest BCUT2D eigenvalue weighted by atomic mass is 19.1. The number of carbonyl (C=O) groups is 1. The highest BCUT2D eigenvalue weighted by Gasteiger charge is 2.38. The minimum absolute atomic E-state index is 0.265. The van der Waals surface area contributed by atoms with E-state index in [1.54, 1.807) is 32.9 Å². The maximum Gasteiger partial charge on any atom is 0.315 e. The molecule has 3 aromatic carbocycles. The Labute approximate surface area is 186 Å². The van der Waals surface area contributed by atoms with E-state index in [1.807, 2.05) is 48.6 Å². The Morgan fingerprint density at radius 3 is 2.34 bits per heavy atom. The van der Waals surface area contributed by atoms with Gasteiger partial charge in [-0.15, -0.1) is 0 Å². The average molecular weight is 430 g/mol. The third-order valence-electron chi connectivity index (χ3n) is 5.74. The monoisotopic (exact) mass is 430 g/mol. The number of halogens is 2. The molecule has 0 N–H and O–H groups in total. The largest absolute Gasteiger partial charge is 0.465 e. The summed E-state index contributed by atoms with van der Waals surface area (Å²) in [7, 11) is 0. The van der Waals surface area contributed by atoms with Crippen LogP contribution in [-0.4, -0.2) is 12.6 Å². The second-order valence-corrected chi connectivity index (χ2v) is 8.30. The number of hydrogen-bond acceptors (Lipinski definition) is 2. The molecule has 162 valence electrons. The second kappa shape index (κ2) is 8.54. The van der Waals surface area contributed by atoms with Crippen LogP contribution in [0.5, 0.6) is 0 Å². The summed E-state index contributed by atoms with van der Waals surface area (Å²) in [6, 6.07) is 19.0. The van der Waals surface area contributed by atoms with Gasteiger partial charge in [-0.25, -0.2) is 8.78 Å². The lowest BCUT2D eigenvalue weighted by Gasteiger charge is -2.24. The normalized spacial score (nSPS) is 14.3. The fourth-order valence-corrected chi connectivity index (χ4v) is 4.01. The van der Waals surface area contributed by atoms with Gasteiger partial charge in [-0.05, 0) is 84.5 Å². The minimum Gasteiger partial charge on any atom is -0.465 e. The zero-order chi connectivity index (χ0) is 22.9. The molecule has 0 radical (unpaired) electrons. The fourth-order valence-electron chi connectivity index (χ4n) is 4.01. The number of benzene rings is 3. The van der Waals surface area contributed by atoms with Gasteiger partial charge in [-0.3, -0.25) is 4.79 Å². The van der Waals surface area contributed by atoms with Crippen LogP contribution in [0.25, 0.3) is 28.3 Å². The zero-order valence-electron chi connectivity index (χ0n) is 18.3. The van der Waals surface area contributed by atoms with Crippen molar-refractivity contribution in [3.8, 4) is 11.1 Å². The number of ether oxygens (including phenoxy) is 1. The molecule has 0 bridgehead atoms. The molecule has 0 aromatic heterocycles. The van der Waals surface area contributed by atoms with E-state index < -0.39 is 5.41 Å². The van der Waals surface area contributed by atoms with Gasteiger partial charge in [-0.1, -0.05) is 48.5 Å². The first-order valence-corrected chi connectivity index (χ1v) is 10.6. The third-order valence-corrected chi connectivity index (χ3v) is 5.74. The SMILES string of the molecule is CCOC(=O)C(C)(C)C1=C/C(=C\c2ccc(-c3ccccc3)c(F)c2)c2ccc(F)cc21. The lowest BCUT2D eigenvalue weighted by Crippen LogP contribution is -2.27. The maximum atomic E-state index is 14.9. The molecule has 0 saturated carbocycles. The topological polar surface area (TPSA) is 26.3 Å². The zero-order valence-corrected chi connectivity index (χ0v) is 18.3. The average Bonchev–Trinajstić information content (AvgIpc) is 3.12. The van der Waals surface area contributed by atoms with Crippen LogP contribution in [0.15, 0.2) is 72.8 Å². The summed E-state index contributed by atoms with van der Waals surface area (Å²) >= 11 is 0. The van der Waals surface area contributed by atoms with Crippen molar-refractivity contribution >= 4 is 23.2 Å². The van der Waals surface area contributed by atoms with E-state index in [-0.39, 0.29) is 24.2 Å². The molecule has 0 unspecified atom stereocenters. The Hall–Kier alpha value is -3.53.